The Hall–Kier alpha value is -2.11. The van der Waals surface area contributed by atoms with Gasteiger partial charge in [-0.3, -0.25) is 0 Å². The molecule has 1 unspecified atom stereocenters. The van der Waals surface area contributed by atoms with Gasteiger partial charge in [0.15, 0.2) is 0 Å². The van der Waals surface area contributed by atoms with Crippen LogP contribution in [-0.4, -0.2) is 39.6 Å². The minimum absolute atomic E-state index is 0.434. The Morgan fingerprint density at radius 2 is 2.35 bits per heavy atom. The minimum Gasteiger partial charge on any atom is -0.478 e. The Labute approximate surface area is 118 Å². The molecule has 0 bridgehead atoms. The van der Waals surface area contributed by atoms with Crippen LogP contribution in [0.15, 0.2) is 24.8 Å². The van der Waals surface area contributed by atoms with Crippen molar-refractivity contribution in [1.29, 1.82) is 0 Å². The van der Waals surface area contributed by atoms with E-state index in [1.807, 2.05) is 25.4 Å². The maximum atomic E-state index is 5.44. The largest absolute Gasteiger partial charge is 0.478 e. The zero-order chi connectivity index (χ0) is 13.8. The summed E-state index contributed by atoms with van der Waals surface area (Å²) in [5, 5.41) is 0. The van der Waals surface area contributed by atoms with Crippen molar-refractivity contribution in [2.45, 2.75) is 25.7 Å². The number of piperidine rings is 1. The van der Waals surface area contributed by atoms with Gasteiger partial charge in [0.2, 0.25) is 5.88 Å². The molecule has 0 spiro atoms. The minimum atomic E-state index is 0.434. The van der Waals surface area contributed by atoms with Gasteiger partial charge >= 0.3 is 0 Å². The maximum absolute atomic E-state index is 5.44. The highest BCUT2D eigenvalue weighted by atomic mass is 16.5. The molecule has 20 heavy (non-hydrogen) atoms. The van der Waals surface area contributed by atoms with Gasteiger partial charge in [0.25, 0.3) is 0 Å². The van der Waals surface area contributed by atoms with E-state index in [9.17, 15) is 0 Å². The lowest BCUT2D eigenvalue weighted by atomic mass is 9.97. The average molecular weight is 273 g/mol. The first-order chi connectivity index (χ1) is 9.86. The molecule has 0 aromatic carbocycles. The summed E-state index contributed by atoms with van der Waals surface area (Å²) >= 11 is 0. The SMILES string of the molecule is CCOc1cc(N2CCCC(c3ncc[nH]3)C2)ncn1. The number of H-pyrrole nitrogens is 1. The zero-order valence-electron chi connectivity index (χ0n) is 11.6. The van der Waals surface area contributed by atoms with Crippen molar-refractivity contribution in [2.75, 3.05) is 24.6 Å². The lowest BCUT2D eigenvalue weighted by molar-refractivity contribution is 0.326. The number of nitrogens with one attached hydrogen (secondary N) is 1. The summed E-state index contributed by atoms with van der Waals surface area (Å²) in [4.78, 5) is 18.3. The summed E-state index contributed by atoms with van der Waals surface area (Å²) in [6, 6.07) is 1.91. The van der Waals surface area contributed by atoms with E-state index in [2.05, 4.69) is 24.8 Å². The van der Waals surface area contributed by atoms with Gasteiger partial charge in [-0.25, -0.2) is 15.0 Å². The van der Waals surface area contributed by atoms with Gasteiger partial charge in [0.1, 0.15) is 18.0 Å². The molecule has 0 radical (unpaired) electrons. The standard InChI is InChI=1S/C14H19N5O/c1-2-20-13-8-12(17-10-18-13)19-7-3-4-11(9-19)14-15-5-6-16-14/h5-6,8,10-11H,2-4,7,9H2,1H3,(H,15,16). The van der Waals surface area contributed by atoms with E-state index in [0.29, 0.717) is 18.4 Å². The molecule has 1 atom stereocenters. The Morgan fingerprint density at radius 1 is 1.40 bits per heavy atom. The molecule has 1 N–H and O–H groups in total. The van der Waals surface area contributed by atoms with Gasteiger partial charge in [-0.2, -0.15) is 0 Å². The predicted octanol–water partition coefficient (Wildman–Crippen LogP) is 1.98. The molecule has 0 amide bonds. The molecule has 2 aromatic rings. The second-order valence-electron chi connectivity index (χ2n) is 4.91. The van der Waals surface area contributed by atoms with E-state index in [-0.39, 0.29) is 0 Å². The fourth-order valence-electron chi connectivity index (χ4n) is 2.64. The molecular weight excluding hydrogens is 254 g/mol. The smallest absolute Gasteiger partial charge is 0.218 e. The maximum Gasteiger partial charge on any atom is 0.218 e. The Balaban J connectivity index is 1.74. The van der Waals surface area contributed by atoms with Crippen LogP contribution < -0.4 is 9.64 Å². The number of rotatable bonds is 4. The van der Waals surface area contributed by atoms with Crippen molar-refractivity contribution in [1.82, 2.24) is 19.9 Å². The first-order valence-electron chi connectivity index (χ1n) is 7.06. The van der Waals surface area contributed by atoms with E-state index in [1.54, 1.807) is 6.33 Å². The molecule has 6 heteroatoms. The van der Waals surface area contributed by atoms with E-state index >= 15 is 0 Å². The van der Waals surface area contributed by atoms with Gasteiger partial charge in [0, 0.05) is 37.5 Å². The molecule has 1 saturated heterocycles. The van der Waals surface area contributed by atoms with Crippen molar-refractivity contribution < 1.29 is 4.74 Å². The van der Waals surface area contributed by atoms with Crippen molar-refractivity contribution in [3.05, 3.63) is 30.6 Å². The van der Waals surface area contributed by atoms with Gasteiger partial charge in [-0.1, -0.05) is 0 Å². The quantitative estimate of drug-likeness (QED) is 0.922. The van der Waals surface area contributed by atoms with Gasteiger partial charge in [-0.05, 0) is 19.8 Å². The van der Waals surface area contributed by atoms with Crippen LogP contribution in [0, 0.1) is 0 Å². The number of ether oxygens (including phenoxy) is 1. The van der Waals surface area contributed by atoms with Gasteiger partial charge in [0.05, 0.1) is 6.61 Å². The summed E-state index contributed by atoms with van der Waals surface area (Å²) in [5.74, 6) is 3.07. The summed E-state index contributed by atoms with van der Waals surface area (Å²) in [6.07, 6.45) is 7.56. The van der Waals surface area contributed by atoms with E-state index in [1.165, 1.54) is 0 Å². The highest BCUT2D eigenvalue weighted by Gasteiger charge is 2.24. The van der Waals surface area contributed by atoms with Crippen molar-refractivity contribution in [3.8, 4) is 5.88 Å². The monoisotopic (exact) mass is 273 g/mol. The van der Waals surface area contributed by atoms with Crippen LogP contribution in [0.2, 0.25) is 0 Å². The topological polar surface area (TPSA) is 66.9 Å². The first kappa shape index (κ1) is 12.9. The molecule has 0 saturated carbocycles. The Kier molecular flexibility index (Phi) is 3.80. The van der Waals surface area contributed by atoms with E-state index < -0.39 is 0 Å². The number of aromatic nitrogens is 4. The molecule has 2 aromatic heterocycles. The third-order valence-corrected chi connectivity index (χ3v) is 3.57. The molecule has 6 nitrogen and oxygen atoms in total. The molecular formula is C14H19N5O. The lowest BCUT2D eigenvalue weighted by Gasteiger charge is -2.32. The highest BCUT2D eigenvalue weighted by molar-refractivity contribution is 5.41. The van der Waals surface area contributed by atoms with Crippen LogP contribution in [0.1, 0.15) is 31.5 Å². The number of hydrogen-bond acceptors (Lipinski definition) is 5. The van der Waals surface area contributed by atoms with E-state index in [0.717, 1.165) is 37.6 Å². The predicted molar refractivity (Wildman–Crippen MR) is 76.0 cm³/mol. The lowest BCUT2D eigenvalue weighted by Crippen LogP contribution is -2.35. The number of anilines is 1. The molecule has 106 valence electrons. The summed E-state index contributed by atoms with van der Waals surface area (Å²) < 4.78 is 5.44. The average Bonchev–Trinajstić information content (AvgIpc) is 3.02. The molecule has 3 heterocycles. The summed E-state index contributed by atoms with van der Waals surface area (Å²) in [7, 11) is 0. The van der Waals surface area contributed by atoms with Crippen LogP contribution in [0.4, 0.5) is 5.82 Å². The number of imidazole rings is 1. The van der Waals surface area contributed by atoms with Gasteiger partial charge in [-0.15, -0.1) is 0 Å². The zero-order valence-corrected chi connectivity index (χ0v) is 11.6. The Morgan fingerprint density at radius 3 is 3.15 bits per heavy atom. The fourth-order valence-corrected chi connectivity index (χ4v) is 2.64. The number of nitrogens with zero attached hydrogens (tertiary/aromatic N) is 4. The van der Waals surface area contributed by atoms with Crippen molar-refractivity contribution >= 4 is 5.82 Å². The molecule has 1 fully saturated rings. The summed E-state index contributed by atoms with van der Waals surface area (Å²) in [5.41, 5.74) is 0. The second kappa shape index (κ2) is 5.90. The van der Waals surface area contributed by atoms with E-state index in [4.69, 9.17) is 4.74 Å². The van der Waals surface area contributed by atoms with Crippen LogP contribution in [0.25, 0.3) is 0 Å². The molecule has 1 aliphatic rings. The molecule has 0 aliphatic carbocycles. The number of aromatic amines is 1. The van der Waals surface area contributed by atoms with Crippen molar-refractivity contribution in [3.63, 3.8) is 0 Å². The van der Waals surface area contributed by atoms with Gasteiger partial charge < -0.3 is 14.6 Å². The van der Waals surface area contributed by atoms with Crippen LogP contribution >= 0.6 is 0 Å². The Bertz CT molecular complexity index is 542. The third-order valence-electron chi connectivity index (χ3n) is 3.57. The second-order valence-corrected chi connectivity index (χ2v) is 4.91. The van der Waals surface area contributed by atoms with Crippen LogP contribution in [0.3, 0.4) is 0 Å². The molecule has 3 rings (SSSR count). The third kappa shape index (κ3) is 2.74. The number of hydrogen-bond donors (Lipinski definition) is 1. The van der Waals surface area contributed by atoms with Crippen LogP contribution in [-0.2, 0) is 0 Å². The first-order valence-corrected chi connectivity index (χ1v) is 7.06. The molecule has 1 aliphatic heterocycles. The van der Waals surface area contributed by atoms with Crippen LogP contribution in [0.5, 0.6) is 5.88 Å². The summed E-state index contributed by atoms with van der Waals surface area (Å²) in [6.45, 7) is 4.51. The normalized spacial score (nSPS) is 19.1. The highest BCUT2D eigenvalue weighted by Crippen LogP contribution is 2.27. The van der Waals surface area contributed by atoms with Crippen molar-refractivity contribution in [2.24, 2.45) is 0 Å². The fraction of sp³-hybridized carbons (Fsp3) is 0.500.